The van der Waals surface area contributed by atoms with Crippen LogP contribution < -0.4 is 10.6 Å². The van der Waals surface area contributed by atoms with E-state index in [1.54, 1.807) is 4.90 Å². The Balaban J connectivity index is 2.34. The van der Waals surface area contributed by atoms with Crippen molar-refractivity contribution in [2.45, 2.75) is 33.1 Å². The van der Waals surface area contributed by atoms with Crippen molar-refractivity contribution >= 4 is 17.4 Å². The maximum atomic E-state index is 12.8. The van der Waals surface area contributed by atoms with Gasteiger partial charge in [0.25, 0.3) is 0 Å². The van der Waals surface area contributed by atoms with E-state index >= 15 is 0 Å². The van der Waals surface area contributed by atoms with Crippen molar-refractivity contribution in [3.8, 4) is 0 Å². The van der Waals surface area contributed by atoms with E-state index in [0.717, 1.165) is 17.7 Å². The van der Waals surface area contributed by atoms with Crippen LogP contribution in [0, 0.1) is 12.3 Å². The second-order valence-electron chi connectivity index (χ2n) is 5.31. The normalized spacial score (nSPS) is 17.4. The summed E-state index contributed by atoms with van der Waals surface area (Å²) in [4.78, 5) is 14.6. The van der Waals surface area contributed by atoms with Crippen LogP contribution in [0.2, 0.25) is 0 Å². The van der Waals surface area contributed by atoms with E-state index in [0.29, 0.717) is 19.4 Å². The van der Waals surface area contributed by atoms with Gasteiger partial charge in [-0.2, -0.15) is 0 Å². The number of aryl methyl sites for hydroxylation is 1. The molecule has 3 N–H and O–H groups in total. The van der Waals surface area contributed by atoms with Gasteiger partial charge >= 0.3 is 0 Å². The molecule has 0 radical (unpaired) electrons. The molecule has 0 saturated heterocycles. The average Bonchev–Trinajstić information content (AvgIpc) is 2.38. The lowest BCUT2D eigenvalue weighted by Gasteiger charge is -2.42. The highest BCUT2D eigenvalue weighted by molar-refractivity contribution is 6.13. The summed E-state index contributed by atoms with van der Waals surface area (Å²) >= 11 is 0. The predicted molar refractivity (Wildman–Crippen MR) is 78.9 cm³/mol. The molecule has 0 heterocycles. The quantitative estimate of drug-likeness (QED) is 0.383. The highest BCUT2D eigenvalue weighted by Crippen LogP contribution is 2.43. The first-order valence-electron chi connectivity index (χ1n) is 6.92. The summed E-state index contributed by atoms with van der Waals surface area (Å²) in [7, 11) is 0. The zero-order chi connectivity index (χ0) is 14.8. The lowest BCUT2D eigenvalue weighted by atomic mass is 9.66. The van der Waals surface area contributed by atoms with Crippen LogP contribution >= 0.6 is 0 Å². The van der Waals surface area contributed by atoms with Gasteiger partial charge in [-0.1, -0.05) is 23.7 Å². The standard InChI is InChI=1S/C15H21N3O2/c1-3-18(12-7-4-6-11(2)10-12)14(19)15(8-5-9-15)13(16)17-20/h4,6-7,10,20H,3,5,8-9H2,1-2H3,(H2,16,17). The molecule has 1 aromatic rings. The minimum Gasteiger partial charge on any atom is -0.409 e. The number of hydrogen-bond donors (Lipinski definition) is 2. The summed E-state index contributed by atoms with van der Waals surface area (Å²) in [5, 5.41) is 12.0. The molecule has 0 aliphatic heterocycles. The molecule has 0 unspecified atom stereocenters. The van der Waals surface area contributed by atoms with Crippen molar-refractivity contribution in [1.82, 2.24) is 0 Å². The van der Waals surface area contributed by atoms with Crippen LogP contribution in [0.4, 0.5) is 5.69 Å². The SMILES string of the molecule is CCN(C(=O)C1(/C(N)=N/O)CCC1)c1cccc(C)c1. The number of anilines is 1. The van der Waals surface area contributed by atoms with Gasteiger partial charge in [0.1, 0.15) is 5.41 Å². The van der Waals surface area contributed by atoms with Crippen LogP contribution in [0.15, 0.2) is 29.4 Å². The van der Waals surface area contributed by atoms with Gasteiger partial charge in [-0.3, -0.25) is 4.79 Å². The number of carbonyl (C=O) groups excluding carboxylic acids is 1. The van der Waals surface area contributed by atoms with Gasteiger partial charge in [0.2, 0.25) is 5.91 Å². The lowest BCUT2D eigenvalue weighted by Crippen LogP contribution is -2.55. The number of nitrogens with two attached hydrogens (primary N) is 1. The summed E-state index contributed by atoms with van der Waals surface area (Å²) in [5.41, 5.74) is 6.90. The molecule has 0 spiro atoms. The fraction of sp³-hybridized carbons (Fsp3) is 0.467. The summed E-state index contributed by atoms with van der Waals surface area (Å²) in [5.74, 6) is -0.0491. The molecule has 0 bridgehead atoms. The van der Waals surface area contributed by atoms with Crippen LogP contribution in [0.3, 0.4) is 0 Å². The van der Waals surface area contributed by atoms with Gasteiger partial charge in [0.05, 0.1) is 0 Å². The smallest absolute Gasteiger partial charge is 0.240 e. The average molecular weight is 275 g/mol. The van der Waals surface area contributed by atoms with E-state index in [1.165, 1.54) is 0 Å². The Morgan fingerprint density at radius 3 is 2.65 bits per heavy atom. The van der Waals surface area contributed by atoms with Crippen molar-refractivity contribution in [1.29, 1.82) is 0 Å². The minimum atomic E-state index is -0.825. The number of benzene rings is 1. The highest BCUT2D eigenvalue weighted by Gasteiger charge is 2.50. The fourth-order valence-electron chi connectivity index (χ4n) is 2.70. The minimum absolute atomic E-state index is 0.0276. The van der Waals surface area contributed by atoms with E-state index < -0.39 is 5.41 Å². The Labute approximate surface area is 119 Å². The zero-order valence-electron chi connectivity index (χ0n) is 12.0. The number of amides is 1. The van der Waals surface area contributed by atoms with Gasteiger partial charge in [-0.25, -0.2) is 0 Å². The Hall–Kier alpha value is -2.04. The van der Waals surface area contributed by atoms with Crippen molar-refractivity contribution in [3.05, 3.63) is 29.8 Å². The lowest BCUT2D eigenvalue weighted by molar-refractivity contribution is -0.128. The maximum absolute atomic E-state index is 12.8. The van der Waals surface area contributed by atoms with Crippen LogP contribution in [-0.2, 0) is 4.79 Å². The highest BCUT2D eigenvalue weighted by atomic mass is 16.4. The topological polar surface area (TPSA) is 78.9 Å². The Kier molecular flexibility index (Phi) is 3.97. The van der Waals surface area contributed by atoms with Gasteiger partial charge in [0, 0.05) is 12.2 Å². The molecule has 1 aliphatic carbocycles. The molecule has 1 aromatic carbocycles. The molecule has 108 valence electrons. The first kappa shape index (κ1) is 14.4. The number of hydrogen-bond acceptors (Lipinski definition) is 3. The Bertz CT molecular complexity index is 536. The van der Waals surface area contributed by atoms with E-state index in [4.69, 9.17) is 10.9 Å². The number of nitrogens with zero attached hydrogens (tertiary/aromatic N) is 2. The molecule has 2 rings (SSSR count). The molecule has 5 heteroatoms. The second-order valence-corrected chi connectivity index (χ2v) is 5.31. The molecule has 1 aliphatic rings. The van der Waals surface area contributed by atoms with E-state index in [-0.39, 0.29) is 11.7 Å². The number of rotatable bonds is 4. The van der Waals surface area contributed by atoms with E-state index in [1.807, 2.05) is 38.1 Å². The second kappa shape index (κ2) is 5.53. The van der Waals surface area contributed by atoms with Crippen molar-refractivity contribution < 1.29 is 10.0 Å². The maximum Gasteiger partial charge on any atom is 0.240 e. The summed E-state index contributed by atoms with van der Waals surface area (Å²) in [6.07, 6.45) is 2.21. The molecule has 0 atom stereocenters. The van der Waals surface area contributed by atoms with E-state index in [9.17, 15) is 4.79 Å². The fourth-order valence-corrected chi connectivity index (χ4v) is 2.70. The summed E-state index contributed by atoms with van der Waals surface area (Å²) < 4.78 is 0. The molecule has 20 heavy (non-hydrogen) atoms. The van der Waals surface area contributed by atoms with Crippen LogP contribution in [0.1, 0.15) is 31.7 Å². The monoisotopic (exact) mass is 275 g/mol. The molecule has 1 amide bonds. The third-order valence-corrected chi connectivity index (χ3v) is 4.09. The molecule has 1 saturated carbocycles. The molecule has 1 fully saturated rings. The molecule has 5 nitrogen and oxygen atoms in total. The van der Waals surface area contributed by atoms with Crippen LogP contribution in [-0.4, -0.2) is 23.5 Å². The first-order valence-corrected chi connectivity index (χ1v) is 6.92. The van der Waals surface area contributed by atoms with Crippen LogP contribution in [0.25, 0.3) is 0 Å². The van der Waals surface area contributed by atoms with Gasteiger partial charge in [0.15, 0.2) is 5.84 Å². The van der Waals surface area contributed by atoms with E-state index in [2.05, 4.69) is 5.16 Å². The Morgan fingerprint density at radius 1 is 1.50 bits per heavy atom. The van der Waals surface area contributed by atoms with Crippen LogP contribution in [0.5, 0.6) is 0 Å². The molecular formula is C15H21N3O2. The first-order chi connectivity index (χ1) is 9.55. The number of carbonyl (C=O) groups is 1. The summed E-state index contributed by atoms with van der Waals surface area (Å²) in [6.45, 7) is 4.48. The predicted octanol–water partition coefficient (Wildman–Crippen LogP) is 2.26. The molecular weight excluding hydrogens is 254 g/mol. The van der Waals surface area contributed by atoms with Crippen molar-refractivity contribution in [3.63, 3.8) is 0 Å². The van der Waals surface area contributed by atoms with Crippen molar-refractivity contribution in [2.24, 2.45) is 16.3 Å². The van der Waals surface area contributed by atoms with Gasteiger partial charge < -0.3 is 15.8 Å². The number of oxime groups is 1. The third-order valence-electron chi connectivity index (χ3n) is 4.09. The largest absolute Gasteiger partial charge is 0.409 e. The van der Waals surface area contributed by atoms with Gasteiger partial charge in [-0.15, -0.1) is 0 Å². The summed E-state index contributed by atoms with van der Waals surface area (Å²) in [6, 6.07) is 7.80. The third kappa shape index (κ3) is 2.24. The van der Waals surface area contributed by atoms with Gasteiger partial charge in [-0.05, 0) is 44.4 Å². The molecule has 0 aromatic heterocycles. The van der Waals surface area contributed by atoms with Crippen molar-refractivity contribution in [2.75, 3.05) is 11.4 Å². The Morgan fingerprint density at radius 2 is 2.20 bits per heavy atom. The zero-order valence-corrected chi connectivity index (χ0v) is 12.0. The number of amidine groups is 1.